The zero-order valence-corrected chi connectivity index (χ0v) is 18.1. The Bertz CT molecular complexity index is 717. The molecule has 0 aliphatic rings. The molecular formula is C16H30N8O7S. The van der Waals surface area contributed by atoms with Crippen molar-refractivity contribution in [3.8, 4) is 0 Å². The Kier molecular flexibility index (Phi) is 13.4. The maximum absolute atomic E-state index is 12.7. The number of carbonyl (C=O) groups is 5. The third-order valence-electron chi connectivity index (χ3n) is 3.95. The number of nitrogens with one attached hydrogen (secondary N) is 3. The standard InChI is InChI=1S/C16H30N8O7S/c17-7(6-32)12(27)22-8(2-1-3-21-16(19)20)13(28)23-9(4-11(18)26)14(29)24-10(5-25)15(30)31/h7-10,25,32H,1-6,17H2,(H2,18,26)(H,22,27)(H,23,28)(H,24,29)(H,30,31)(H4,19,20,21). The highest BCUT2D eigenvalue weighted by Gasteiger charge is 2.30. The van der Waals surface area contributed by atoms with Crippen molar-refractivity contribution in [3.05, 3.63) is 0 Å². The second kappa shape index (κ2) is 14.8. The molecule has 182 valence electrons. The van der Waals surface area contributed by atoms with E-state index < -0.39 is 66.8 Å². The van der Waals surface area contributed by atoms with Crippen LogP contribution < -0.4 is 38.9 Å². The summed E-state index contributed by atoms with van der Waals surface area (Å²) in [7, 11) is 0. The van der Waals surface area contributed by atoms with Gasteiger partial charge in [0.2, 0.25) is 23.6 Å². The number of aliphatic hydroxyl groups excluding tert-OH is 1. The summed E-state index contributed by atoms with van der Waals surface area (Å²) in [5, 5.41) is 24.6. The molecule has 4 amide bonds. The fourth-order valence-corrected chi connectivity index (χ4v) is 2.44. The van der Waals surface area contributed by atoms with E-state index >= 15 is 0 Å². The molecule has 0 aliphatic carbocycles. The molecule has 0 spiro atoms. The Balaban J connectivity index is 5.46. The van der Waals surface area contributed by atoms with Crippen LogP contribution in [0.1, 0.15) is 19.3 Å². The van der Waals surface area contributed by atoms with Gasteiger partial charge in [-0.25, -0.2) is 4.79 Å². The third kappa shape index (κ3) is 11.3. The number of aliphatic hydroxyl groups is 1. The van der Waals surface area contributed by atoms with Crippen molar-refractivity contribution in [2.75, 3.05) is 18.9 Å². The van der Waals surface area contributed by atoms with Gasteiger partial charge < -0.3 is 49.1 Å². The second-order valence-corrected chi connectivity index (χ2v) is 6.98. The fraction of sp³-hybridized carbons (Fsp3) is 0.625. The summed E-state index contributed by atoms with van der Waals surface area (Å²) in [6.45, 7) is -0.786. The summed E-state index contributed by atoms with van der Waals surface area (Å²) in [5.74, 6) is -5.30. The number of primary amides is 1. The average Bonchev–Trinajstić information content (AvgIpc) is 2.71. The number of aliphatic carboxylic acids is 1. The van der Waals surface area contributed by atoms with E-state index in [0.29, 0.717) is 0 Å². The van der Waals surface area contributed by atoms with Crippen LogP contribution in [0.2, 0.25) is 0 Å². The van der Waals surface area contributed by atoms with Crippen molar-refractivity contribution in [2.45, 2.75) is 43.4 Å². The highest BCUT2D eigenvalue weighted by Crippen LogP contribution is 2.03. The molecule has 4 unspecified atom stereocenters. The van der Waals surface area contributed by atoms with Gasteiger partial charge in [0, 0.05) is 12.3 Å². The molecule has 4 atom stereocenters. The van der Waals surface area contributed by atoms with Crippen LogP contribution >= 0.6 is 12.6 Å². The molecule has 0 aromatic carbocycles. The lowest BCUT2D eigenvalue weighted by molar-refractivity contribution is -0.143. The van der Waals surface area contributed by atoms with Crippen LogP contribution in [-0.2, 0) is 24.0 Å². The second-order valence-electron chi connectivity index (χ2n) is 6.61. The Labute approximate surface area is 189 Å². The average molecular weight is 479 g/mol. The van der Waals surface area contributed by atoms with Gasteiger partial charge in [0.25, 0.3) is 0 Å². The minimum atomic E-state index is -1.67. The summed E-state index contributed by atoms with van der Waals surface area (Å²) in [5.41, 5.74) is 21.2. The van der Waals surface area contributed by atoms with E-state index in [0.717, 1.165) is 0 Å². The van der Waals surface area contributed by atoms with Crippen molar-refractivity contribution in [1.82, 2.24) is 16.0 Å². The number of thiol groups is 1. The van der Waals surface area contributed by atoms with E-state index in [9.17, 15) is 24.0 Å². The van der Waals surface area contributed by atoms with E-state index in [1.165, 1.54) is 0 Å². The summed E-state index contributed by atoms with van der Waals surface area (Å²) in [6.07, 6.45) is -0.377. The molecule has 0 bridgehead atoms. The van der Waals surface area contributed by atoms with Gasteiger partial charge in [-0.15, -0.1) is 0 Å². The minimum Gasteiger partial charge on any atom is -0.480 e. The van der Waals surface area contributed by atoms with Crippen molar-refractivity contribution in [1.29, 1.82) is 0 Å². The van der Waals surface area contributed by atoms with Gasteiger partial charge >= 0.3 is 5.97 Å². The Hall–Kier alpha value is -3.11. The molecule has 15 nitrogen and oxygen atoms in total. The summed E-state index contributed by atoms with van der Waals surface area (Å²) in [4.78, 5) is 63.3. The van der Waals surface area contributed by atoms with Gasteiger partial charge in [0.15, 0.2) is 5.96 Å². The summed E-state index contributed by atoms with van der Waals surface area (Å²) >= 11 is 3.91. The number of guanidine groups is 1. The number of rotatable bonds is 15. The van der Waals surface area contributed by atoms with E-state index in [-0.39, 0.29) is 31.1 Å². The first-order chi connectivity index (χ1) is 14.9. The lowest BCUT2D eigenvalue weighted by Gasteiger charge is -2.24. The predicted molar refractivity (Wildman–Crippen MR) is 116 cm³/mol. The van der Waals surface area contributed by atoms with Crippen LogP contribution in [0.5, 0.6) is 0 Å². The first kappa shape index (κ1) is 28.9. The van der Waals surface area contributed by atoms with E-state index in [1.807, 2.05) is 5.32 Å². The van der Waals surface area contributed by atoms with Crippen molar-refractivity contribution >= 4 is 48.2 Å². The third-order valence-corrected chi connectivity index (χ3v) is 4.34. The molecule has 0 rings (SSSR count). The SMILES string of the molecule is NC(=O)CC(NC(=O)C(CCCN=C(N)N)NC(=O)C(N)CS)C(=O)NC(CO)C(=O)O. The molecule has 0 radical (unpaired) electrons. The number of carboxylic acids is 1. The van der Waals surface area contributed by atoms with Gasteiger partial charge in [-0.05, 0) is 12.8 Å². The van der Waals surface area contributed by atoms with Crippen molar-refractivity contribution in [2.24, 2.45) is 27.9 Å². The molecule has 0 aliphatic heterocycles. The zero-order valence-electron chi connectivity index (χ0n) is 17.2. The molecule has 0 fully saturated rings. The van der Waals surface area contributed by atoms with Gasteiger partial charge in [0.1, 0.15) is 18.1 Å². The zero-order chi connectivity index (χ0) is 24.8. The van der Waals surface area contributed by atoms with E-state index in [2.05, 4.69) is 28.3 Å². The first-order valence-electron chi connectivity index (χ1n) is 9.37. The molecule has 13 N–H and O–H groups in total. The van der Waals surface area contributed by atoms with Crippen LogP contribution in [0, 0.1) is 0 Å². The van der Waals surface area contributed by atoms with Crippen molar-refractivity contribution < 1.29 is 34.2 Å². The number of aliphatic imine (C=N–C) groups is 1. The van der Waals surface area contributed by atoms with Gasteiger partial charge in [-0.2, -0.15) is 12.6 Å². The number of carboxylic acid groups (broad SMARTS) is 1. The number of hydrogen-bond donors (Lipinski definition) is 10. The normalized spacial score (nSPS) is 14.2. The lowest BCUT2D eigenvalue weighted by Crippen LogP contribution is -2.58. The quantitative estimate of drug-likeness (QED) is 0.0461. The van der Waals surface area contributed by atoms with Gasteiger partial charge in [-0.3, -0.25) is 24.2 Å². The highest BCUT2D eigenvalue weighted by atomic mass is 32.1. The largest absolute Gasteiger partial charge is 0.480 e. The number of carbonyl (C=O) groups excluding carboxylic acids is 4. The van der Waals surface area contributed by atoms with Crippen LogP contribution in [0.4, 0.5) is 0 Å². The highest BCUT2D eigenvalue weighted by molar-refractivity contribution is 7.80. The number of hydrogen-bond acceptors (Lipinski definition) is 9. The molecule has 0 aromatic rings. The lowest BCUT2D eigenvalue weighted by atomic mass is 10.1. The van der Waals surface area contributed by atoms with Crippen LogP contribution in [-0.4, -0.2) is 88.8 Å². The van der Waals surface area contributed by atoms with Crippen molar-refractivity contribution in [3.63, 3.8) is 0 Å². The molecule has 32 heavy (non-hydrogen) atoms. The number of nitrogens with zero attached hydrogens (tertiary/aromatic N) is 1. The molecule has 0 aromatic heterocycles. The van der Waals surface area contributed by atoms with Crippen LogP contribution in [0.25, 0.3) is 0 Å². The molecule has 0 heterocycles. The van der Waals surface area contributed by atoms with Crippen LogP contribution in [0.15, 0.2) is 4.99 Å². The Morgan fingerprint density at radius 1 is 0.906 bits per heavy atom. The first-order valence-corrected chi connectivity index (χ1v) is 10.0. The maximum atomic E-state index is 12.7. The van der Waals surface area contributed by atoms with E-state index in [4.69, 9.17) is 33.1 Å². The molecular weight excluding hydrogens is 448 g/mol. The molecule has 0 saturated heterocycles. The summed E-state index contributed by atoms with van der Waals surface area (Å²) in [6, 6.07) is -5.45. The Morgan fingerprint density at radius 2 is 1.44 bits per heavy atom. The fourth-order valence-electron chi connectivity index (χ4n) is 2.27. The van der Waals surface area contributed by atoms with Gasteiger partial charge in [0.05, 0.1) is 19.1 Å². The molecule has 0 saturated carbocycles. The molecule has 16 heteroatoms. The van der Waals surface area contributed by atoms with Gasteiger partial charge in [-0.1, -0.05) is 0 Å². The van der Waals surface area contributed by atoms with Crippen LogP contribution in [0.3, 0.4) is 0 Å². The topological polar surface area (TPSA) is 278 Å². The monoisotopic (exact) mass is 478 g/mol. The minimum absolute atomic E-state index is 0.00137. The number of nitrogens with two attached hydrogens (primary N) is 4. The summed E-state index contributed by atoms with van der Waals surface area (Å²) < 4.78 is 0. The van der Waals surface area contributed by atoms with E-state index in [1.54, 1.807) is 0 Å². The Morgan fingerprint density at radius 3 is 1.91 bits per heavy atom. The number of amides is 4. The maximum Gasteiger partial charge on any atom is 0.328 e. The smallest absolute Gasteiger partial charge is 0.328 e. The predicted octanol–water partition coefficient (Wildman–Crippen LogP) is -5.30.